The number of amides is 1. The number of thioether (sulfide) groups is 1. The number of benzene rings is 3. The SMILES string of the molecule is Cc1ccc(-n2c(COc3ccccc3)nnc2SCC(=O)Nc2cc(Cl)cc(Cl)c2)cc1. The Balaban J connectivity index is 1.51. The van der Waals surface area contributed by atoms with Crippen molar-refractivity contribution in [3.63, 3.8) is 0 Å². The molecule has 0 radical (unpaired) electrons. The van der Waals surface area contributed by atoms with Crippen LogP contribution in [0.25, 0.3) is 5.69 Å². The van der Waals surface area contributed by atoms with Gasteiger partial charge in [0.1, 0.15) is 12.4 Å². The second kappa shape index (κ2) is 10.7. The molecule has 0 saturated heterocycles. The third-order valence-corrected chi connectivity index (χ3v) is 5.95. The fourth-order valence-electron chi connectivity index (χ4n) is 3.06. The molecule has 0 aliphatic carbocycles. The van der Waals surface area contributed by atoms with E-state index in [0.29, 0.717) is 26.7 Å². The molecule has 9 heteroatoms. The van der Waals surface area contributed by atoms with Crippen molar-refractivity contribution in [3.05, 3.63) is 94.2 Å². The summed E-state index contributed by atoms with van der Waals surface area (Å²) in [4.78, 5) is 12.5. The molecule has 1 amide bonds. The lowest BCUT2D eigenvalue weighted by atomic mass is 10.2. The second-order valence-electron chi connectivity index (χ2n) is 7.17. The Morgan fingerprint density at radius 1 is 1.00 bits per heavy atom. The highest BCUT2D eigenvalue weighted by Crippen LogP contribution is 2.25. The number of hydrogen-bond acceptors (Lipinski definition) is 5. The Morgan fingerprint density at radius 3 is 2.39 bits per heavy atom. The second-order valence-corrected chi connectivity index (χ2v) is 8.98. The largest absolute Gasteiger partial charge is 0.486 e. The van der Waals surface area contributed by atoms with Crippen molar-refractivity contribution in [2.75, 3.05) is 11.1 Å². The van der Waals surface area contributed by atoms with Crippen LogP contribution < -0.4 is 10.1 Å². The van der Waals surface area contributed by atoms with Crippen LogP contribution in [0.5, 0.6) is 5.75 Å². The number of carbonyl (C=O) groups is 1. The summed E-state index contributed by atoms with van der Waals surface area (Å²) in [6.45, 7) is 2.26. The summed E-state index contributed by atoms with van der Waals surface area (Å²) < 4.78 is 7.78. The molecule has 0 aliphatic rings. The summed E-state index contributed by atoms with van der Waals surface area (Å²) in [6, 6.07) is 22.4. The van der Waals surface area contributed by atoms with Gasteiger partial charge in [0.15, 0.2) is 11.0 Å². The van der Waals surface area contributed by atoms with E-state index in [-0.39, 0.29) is 18.3 Å². The molecule has 33 heavy (non-hydrogen) atoms. The van der Waals surface area contributed by atoms with Crippen LogP contribution in [0.1, 0.15) is 11.4 Å². The lowest BCUT2D eigenvalue weighted by Crippen LogP contribution is -2.15. The minimum absolute atomic E-state index is 0.133. The molecule has 0 aliphatic heterocycles. The lowest BCUT2D eigenvalue weighted by molar-refractivity contribution is -0.113. The van der Waals surface area contributed by atoms with Crippen molar-refractivity contribution in [1.29, 1.82) is 0 Å². The van der Waals surface area contributed by atoms with Gasteiger partial charge in [-0.05, 0) is 49.4 Å². The molecular formula is C24H20Cl2N4O2S. The van der Waals surface area contributed by atoms with Crippen LogP contribution in [-0.2, 0) is 11.4 Å². The first-order valence-corrected chi connectivity index (χ1v) is 11.8. The Hall–Kier alpha value is -3.00. The minimum atomic E-state index is -0.209. The predicted molar refractivity (Wildman–Crippen MR) is 133 cm³/mol. The van der Waals surface area contributed by atoms with Gasteiger partial charge in [0.25, 0.3) is 0 Å². The number of aryl methyl sites for hydroxylation is 1. The Bertz CT molecular complexity index is 1230. The number of carbonyl (C=O) groups excluding carboxylic acids is 1. The first kappa shape index (κ1) is 23.2. The van der Waals surface area contributed by atoms with Crippen LogP contribution >= 0.6 is 35.0 Å². The number of ether oxygens (including phenoxy) is 1. The molecule has 168 valence electrons. The van der Waals surface area contributed by atoms with Gasteiger partial charge in [0.05, 0.1) is 5.75 Å². The zero-order chi connectivity index (χ0) is 23.2. The molecule has 1 aromatic heterocycles. The molecule has 6 nitrogen and oxygen atoms in total. The van der Waals surface area contributed by atoms with Gasteiger partial charge in [-0.1, -0.05) is 70.9 Å². The van der Waals surface area contributed by atoms with Crippen molar-refractivity contribution in [2.24, 2.45) is 0 Å². The van der Waals surface area contributed by atoms with E-state index in [2.05, 4.69) is 15.5 Å². The predicted octanol–water partition coefficient (Wildman–Crippen LogP) is 6.19. The van der Waals surface area contributed by atoms with Crippen LogP contribution in [0.4, 0.5) is 5.69 Å². The van der Waals surface area contributed by atoms with E-state index in [4.69, 9.17) is 27.9 Å². The van der Waals surface area contributed by atoms with Crippen LogP contribution in [-0.4, -0.2) is 26.4 Å². The van der Waals surface area contributed by atoms with Crippen LogP contribution in [0, 0.1) is 6.92 Å². The number of hydrogen-bond donors (Lipinski definition) is 1. The topological polar surface area (TPSA) is 69.0 Å². The van der Waals surface area contributed by atoms with Crippen molar-refractivity contribution in [1.82, 2.24) is 14.8 Å². The highest BCUT2D eigenvalue weighted by Gasteiger charge is 2.17. The van der Waals surface area contributed by atoms with E-state index < -0.39 is 0 Å². The zero-order valence-corrected chi connectivity index (χ0v) is 20.0. The van der Waals surface area contributed by atoms with Gasteiger partial charge < -0.3 is 10.1 Å². The lowest BCUT2D eigenvalue weighted by Gasteiger charge is -2.12. The molecule has 0 spiro atoms. The van der Waals surface area contributed by atoms with Gasteiger partial charge in [-0.3, -0.25) is 9.36 Å². The summed E-state index contributed by atoms with van der Waals surface area (Å²) in [7, 11) is 0. The van der Waals surface area contributed by atoms with Gasteiger partial charge in [-0.15, -0.1) is 10.2 Å². The van der Waals surface area contributed by atoms with Gasteiger partial charge in [0.2, 0.25) is 5.91 Å². The highest BCUT2D eigenvalue weighted by molar-refractivity contribution is 7.99. The molecule has 3 aromatic carbocycles. The van der Waals surface area contributed by atoms with Gasteiger partial charge >= 0.3 is 0 Å². The van der Waals surface area contributed by atoms with E-state index in [9.17, 15) is 4.79 Å². The van der Waals surface area contributed by atoms with Crippen molar-refractivity contribution in [3.8, 4) is 11.4 Å². The zero-order valence-electron chi connectivity index (χ0n) is 17.7. The van der Waals surface area contributed by atoms with Gasteiger partial charge in [-0.2, -0.15) is 0 Å². The molecular weight excluding hydrogens is 479 g/mol. The average molecular weight is 499 g/mol. The quantitative estimate of drug-likeness (QED) is 0.293. The third kappa shape index (κ3) is 6.28. The smallest absolute Gasteiger partial charge is 0.234 e. The molecule has 4 rings (SSSR count). The maximum Gasteiger partial charge on any atom is 0.234 e. The number of nitrogens with one attached hydrogen (secondary N) is 1. The number of halogens is 2. The fourth-order valence-corrected chi connectivity index (χ4v) is 4.36. The van der Waals surface area contributed by atoms with Crippen LogP contribution in [0.15, 0.2) is 78.0 Å². The number of anilines is 1. The fraction of sp³-hybridized carbons (Fsp3) is 0.125. The van der Waals surface area contributed by atoms with E-state index in [0.717, 1.165) is 17.0 Å². The monoisotopic (exact) mass is 498 g/mol. The Labute approximate surface area is 205 Å². The normalized spacial score (nSPS) is 10.8. The number of nitrogens with zero attached hydrogens (tertiary/aromatic N) is 3. The van der Waals surface area contributed by atoms with Gasteiger partial charge in [0, 0.05) is 21.4 Å². The summed E-state index contributed by atoms with van der Waals surface area (Å²) in [5.74, 6) is 1.30. The molecule has 0 saturated carbocycles. The van der Waals surface area contributed by atoms with Crippen molar-refractivity contribution in [2.45, 2.75) is 18.7 Å². The van der Waals surface area contributed by atoms with Crippen LogP contribution in [0.3, 0.4) is 0 Å². The minimum Gasteiger partial charge on any atom is -0.486 e. The van der Waals surface area contributed by atoms with E-state index >= 15 is 0 Å². The first-order valence-electron chi connectivity index (χ1n) is 10.1. The van der Waals surface area contributed by atoms with Crippen molar-refractivity contribution >= 4 is 46.6 Å². The molecule has 1 N–H and O–H groups in total. The Kier molecular flexibility index (Phi) is 7.54. The third-order valence-electron chi connectivity index (χ3n) is 4.58. The molecule has 0 bridgehead atoms. The van der Waals surface area contributed by atoms with E-state index in [1.165, 1.54) is 11.8 Å². The maximum atomic E-state index is 12.5. The van der Waals surface area contributed by atoms with E-state index in [1.54, 1.807) is 18.2 Å². The molecule has 4 aromatic rings. The first-order chi connectivity index (χ1) is 16.0. The molecule has 0 atom stereocenters. The van der Waals surface area contributed by atoms with Crippen molar-refractivity contribution < 1.29 is 9.53 Å². The standard InChI is InChI=1S/C24H20Cl2N4O2S/c1-16-7-9-20(10-8-16)30-22(14-32-21-5-3-2-4-6-21)28-29-24(30)33-15-23(31)27-19-12-17(25)11-18(26)13-19/h2-13H,14-15H2,1H3,(H,27,31). The number of aromatic nitrogens is 3. The molecule has 1 heterocycles. The number of rotatable bonds is 8. The Morgan fingerprint density at radius 2 is 1.70 bits per heavy atom. The number of para-hydroxylation sites is 1. The average Bonchev–Trinajstić information content (AvgIpc) is 3.19. The summed E-state index contributed by atoms with van der Waals surface area (Å²) >= 11 is 13.3. The summed E-state index contributed by atoms with van der Waals surface area (Å²) in [5.41, 5.74) is 2.57. The van der Waals surface area contributed by atoms with Crippen LogP contribution in [0.2, 0.25) is 10.0 Å². The van der Waals surface area contributed by atoms with Gasteiger partial charge in [-0.25, -0.2) is 0 Å². The summed E-state index contributed by atoms with van der Waals surface area (Å²) in [5, 5.41) is 12.9. The highest BCUT2D eigenvalue weighted by atomic mass is 35.5. The molecule has 0 unspecified atom stereocenters. The molecule has 0 fully saturated rings. The van der Waals surface area contributed by atoms with E-state index in [1.807, 2.05) is 66.1 Å². The maximum absolute atomic E-state index is 12.5. The summed E-state index contributed by atoms with van der Waals surface area (Å²) in [6.07, 6.45) is 0.